The molecule has 3 heteroatoms. The zero-order valence-corrected chi connectivity index (χ0v) is 9.16. The van der Waals surface area contributed by atoms with Gasteiger partial charge in [0.25, 0.3) is 0 Å². The zero-order valence-electron chi connectivity index (χ0n) is 8.34. The van der Waals surface area contributed by atoms with Gasteiger partial charge in [0, 0.05) is 12.6 Å². The summed E-state index contributed by atoms with van der Waals surface area (Å²) >= 11 is 4.88. The summed E-state index contributed by atoms with van der Waals surface area (Å²) < 4.78 is 0. The number of nitrogens with two attached hydrogens (primary N) is 1. The van der Waals surface area contributed by atoms with Crippen molar-refractivity contribution in [2.75, 3.05) is 13.1 Å². The number of hydrogen-bond donors (Lipinski definition) is 1. The fraction of sp³-hybridized carbons (Fsp3) is 0.889. The van der Waals surface area contributed by atoms with Gasteiger partial charge in [-0.25, -0.2) is 0 Å². The van der Waals surface area contributed by atoms with Gasteiger partial charge in [-0.15, -0.1) is 0 Å². The van der Waals surface area contributed by atoms with Gasteiger partial charge >= 0.3 is 0 Å². The van der Waals surface area contributed by atoms with E-state index < -0.39 is 0 Å². The van der Waals surface area contributed by atoms with E-state index in [0.717, 1.165) is 13.1 Å². The maximum Gasteiger partial charge on any atom is 0.0870 e. The van der Waals surface area contributed by atoms with Gasteiger partial charge in [-0.05, 0) is 26.8 Å². The van der Waals surface area contributed by atoms with Crippen LogP contribution in [0.15, 0.2) is 0 Å². The molecular weight excluding hydrogens is 168 g/mol. The first-order valence-electron chi connectivity index (χ1n) is 4.60. The Kier molecular flexibility index (Phi) is 6.30. The molecule has 0 spiro atoms. The molecule has 0 fully saturated rings. The third-order valence-electron chi connectivity index (χ3n) is 1.89. The van der Waals surface area contributed by atoms with E-state index in [1.54, 1.807) is 0 Å². The molecule has 12 heavy (non-hydrogen) atoms. The van der Waals surface area contributed by atoms with Crippen LogP contribution in [0.1, 0.15) is 33.6 Å². The Bertz CT molecular complexity index is 134. The Morgan fingerprint density at radius 1 is 1.50 bits per heavy atom. The topological polar surface area (TPSA) is 29.3 Å². The summed E-state index contributed by atoms with van der Waals surface area (Å²) in [5.41, 5.74) is 5.49. The van der Waals surface area contributed by atoms with Gasteiger partial charge < -0.3 is 5.73 Å². The molecule has 2 N–H and O–H groups in total. The molecule has 0 aromatic rings. The molecule has 0 aliphatic rings. The van der Waals surface area contributed by atoms with Crippen LogP contribution < -0.4 is 5.73 Å². The van der Waals surface area contributed by atoms with E-state index in [1.165, 1.54) is 12.8 Å². The molecule has 72 valence electrons. The third kappa shape index (κ3) is 5.49. The van der Waals surface area contributed by atoms with Gasteiger partial charge in [0.05, 0.1) is 4.99 Å². The molecule has 0 amide bonds. The first-order valence-corrected chi connectivity index (χ1v) is 5.01. The molecule has 0 aliphatic carbocycles. The van der Waals surface area contributed by atoms with Gasteiger partial charge in [-0.3, -0.25) is 4.90 Å². The van der Waals surface area contributed by atoms with Crippen molar-refractivity contribution in [1.82, 2.24) is 4.90 Å². The monoisotopic (exact) mass is 188 g/mol. The Balaban J connectivity index is 3.78. The Morgan fingerprint density at radius 3 is 2.42 bits per heavy atom. The van der Waals surface area contributed by atoms with Gasteiger partial charge in [-0.2, -0.15) is 0 Å². The van der Waals surface area contributed by atoms with Crippen molar-refractivity contribution >= 4 is 17.2 Å². The standard InChI is InChI=1S/C9H20N2S/c1-4-5-6-11(8(2)3)7-9(10)12/h8H,4-7H2,1-3H3,(H2,10,12). The summed E-state index contributed by atoms with van der Waals surface area (Å²) in [7, 11) is 0. The predicted molar refractivity (Wildman–Crippen MR) is 58.4 cm³/mol. The van der Waals surface area contributed by atoms with Crippen molar-refractivity contribution in [2.24, 2.45) is 5.73 Å². The van der Waals surface area contributed by atoms with Crippen LogP contribution in [0.2, 0.25) is 0 Å². The first-order chi connectivity index (χ1) is 5.57. The molecule has 0 unspecified atom stereocenters. The molecule has 0 heterocycles. The molecule has 0 rings (SSSR count). The van der Waals surface area contributed by atoms with Crippen LogP contribution in [0, 0.1) is 0 Å². The molecule has 2 nitrogen and oxygen atoms in total. The number of unbranched alkanes of at least 4 members (excludes halogenated alkanes) is 1. The quantitative estimate of drug-likeness (QED) is 0.644. The van der Waals surface area contributed by atoms with Crippen LogP contribution in [0.4, 0.5) is 0 Å². The lowest BCUT2D eigenvalue weighted by molar-refractivity contribution is 0.250. The molecule has 0 atom stereocenters. The van der Waals surface area contributed by atoms with Crippen molar-refractivity contribution in [2.45, 2.75) is 39.7 Å². The van der Waals surface area contributed by atoms with E-state index in [4.69, 9.17) is 18.0 Å². The highest BCUT2D eigenvalue weighted by Crippen LogP contribution is 2.00. The molecule has 0 aliphatic heterocycles. The van der Waals surface area contributed by atoms with Crippen LogP contribution in [0.25, 0.3) is 0 Å². The van der Waals surface area contributed by atoms with Crippen molar-refractivity contribution in [3.63, 3.8) is 0 Å². The van der Waals surface area contributed by atoms with Crippen LogP contribution in [-0.2, 0) is 0 Å². The van der Waals surface area contributed by atoms with Crippen LogP contribution >= 0.6 is 12.2 Å². The van der Waals surface area contributed by atoms with Crippen molar-refractivity contribution in [1.29, 1.82) is 0 Å². The summed E-state index contributed by atoms with van der Waals surface area (Å²) in [4.78, 5) is 2.91. The largest absolute Gasteiger partial charge is 0.392 e. The number of rotatable bonds is 6. The Labute approximate surface area is 81.1 Å². The van der Waals surface area contributed by atoms with Gasteiger partial charge in [0.2, 0.25) is 0 Å². The molecule has 0 aromatic carbocycles. The summed E-state index contributed by atoms with van der Waals surface area (Å²) in [6.45, 7) is 8.40. The van der Waals surface area contributed by atoms with Gasteiger partial charge in [0.15, 0.2) is 0 Å². The minimum Gasteiger partial charge on any atom is -0.392 e. The van der Waals surface area contributed by atoms with Crippen molar-refractivity contribution < 1.29 is 0 Å². The average Bonchev–Trinajstić information content (AvgIpc) is 1.96. The number of nitrogens with zero attached hydrogens (tertiary/aromatic N) is 1. The van der Waals surface area contributed by atoms with Crippen molar-refractivity contribution in [3.8, 4) is 0 Å². The summed E-state index contributed by atoms with van der Waals surface area (Å²) in [6, 6.07) is 0.540. The molecule has 0 radical (unpaired) electrons. The zero-order chi connectivity index (χ0) is 9.56. The Hall–Kier alpha value is -0.150. The SMILES string of the molecule is CCCCN(CC(N)=S)C(C)C. The second-order valence-electron chi connectivity index (χ2n) is 3.38. The highest BCUT2D eigenvalue weighted by atomic mass is 32.1. The van der Waals surface area contributed by atoms with Crippen molar-refractivity contribution in [3.05, 3.63) is 0 Å². The van der Waals surface area contributed by atoms with E-state index in [9.17, 15) is 0 Å². The van der Waals surface area contributed by atoms with Gasteiger partial charge in [-0.1, -0.05) is 25.6 Å². The highest BCUT2D eigenvalue weighted by Gasteiger charge is 2.08. The molecule has 0 bridgehead atoms. The molecule has 0 saturated carbocycles. The first kappa shape index (κ1) is 11.8. The fourth-order valence-electron chi connectivity index (χ4n) is 1.08. The molecular formula is C9H20N2S. The lowest BCUT2D eigenvalue weighted by atomic mass is 10.2. The fourth-order valence-corrected chi connectivity index (χ4v) is 1.25. The maximum atomic E-state index is 5.49. The predicted octanol–water partition coefficient (Wildman–Crippen LogP) is 1.78. The number of hydrogen-bond acceptors (Lipinski definition) is 2. The van der Waals surface area contributed by atoms with E-state index in [2.05, 4.69) is 25.7 Å². The summed E-state index contributed by atoms with van der Waals surface area (Å²) in [5.74, 6) is 0. The minimum absolute atomic E-state index is 0.540. The van der Waals surface area contributed by atoms with Gasteiger partial charge in [0.1, 0.15) is 0 Å². The third-order valence-corrected chi connectivity index (χ3v) is 2.02. The van der Waals surface area contributed by atoms with E-state index in [-0.39, 0.29) is 0 Å². The lowest BCUT2D eigenvalue weighted by Gasteiger charge is -2.25. The smallest absolute Gasteiger partial charge is 0.0870 e. The summed E-state index contributed by atoms with van der Waals surface area (Å²) in [6.07, 6.45) is 2.45. The molecule has 0 saturated heterocycles. The van der Waals surface area contributed by atoms with Crippen LogP contribution in [0.3, 0.4) is 0 Å². The van der Waals surface area contributed by atoms with Crippen LogP contribution in [-0.4, -0.2) is 29.0 Å². The summed E-state index contributed by atoms with van der Waals surface area (Å²) in [5, 5.41) is 0. The average molecular weight is 188 g/mol. The van der Waals surface area contributed by atoms with Crippen LogP contribution in [0.5, 0.6) is 0 Å². The van der Waals surface area contributed by atoms with E-state index in [1.807, 2.05) is 0 Å². The Morgan fingerprint density at radius 2 is 2.08 bits per heavy atom. The minimum atomic E-state index is 0.540. The molecule has 0 aromatic heterocycles. The number of thiocarbonyl (C=S) groups is 1. The second kappa shape index (κ2) is 6.38. The normalized spacial score (nSPS) is 11.1. The second-order valence-corrected chi connectivity index (χ2v) is 3.91. The van der Waals surface area contributed by atoms with E-state index >= 15 is 0 Å². The highest BCUT2D eigenvalue weighted by molar-refractivity contribution is 7.80. The maximum absolute atomic E-state index is 5.49. The van der Waals surface area contributed by atoms with E-state index in [0.29, 0.717) is 11.0 Å². The lowest BCUT2D eigenvalue weighted by Crippen LogP contribution is -2.38.